The molecule has 16 heavy (non-hydrogen) atoms. The summed E-state index contributed by atoms with van der Waals surface area (Å²) in [6, 6.07) is 5.45. The van der Waals surface area contributed by atoms with E-state index in [9.17, 15) is 14.0 Å². The molecule has 0 spiro atoms. The standard InChI is InChI=1S/C11H9FO4/c12-8-4-2-1-3-7(8)10(13)16-9-5-6-15-11(9)14/h1-4,9H,5-6H2/t9-/m1/s1. The van der Waals surface area contributed by atoms with Crippen LogP contribution in [-0.2, 0) is 14.3 Å². The summed E-state index contributed by atoms with van der Waals surface area (Å²) in [6.07, 6.45) is -0.592. The zero-order valence-corrected chi connectivity index (χ0v) is 8.31. The van der Waals surface area contributed by atoms with Gasteiger partial charge in [-0.3, -0.25) is 0 Å². The summed E-state index contributed by atoms with van der Waals surface area (Å²) in [4.78, 5) is 22.5. The minimum absolute atomic E-state index is 0.179. The van der Waals surface area contributed by atoms with Gasteiger partial charge < -0.3 is 9.47 Å². The SMILES string of the molecule is O=C(O[C@@H]1CCOC1=O)c1ccccc1F. The molecule has 84 valence electrons. The quantitative estimate of drug-likeness (QED) is 0.710. The summed E-state index contributed by atoms with van der Waals surface area (Å²) in [5, 5.41) is 0. The van der Waals surface area contributed by atoms with Crippen LogP contribution in [0.5, 0.6) is 0 Å². The molecule has 1 atom stereocenters. The molecular formula is C11H9FO4. The maximum Gasteiger partial charge on any atom is 0.347 e. The Morgan fingerprint density at radius 2 is 2.19 bits per heavy atom. The van der Waals surface area contributed by atoms with Crippen LogP contribution in [0.25, 0.3) is 0 Å². The van der Waals surface area contributed by atoms with Crippen molar-refractivity contribution in [1.29, 1.82) is 0 Å². The Hall–Kier alpha value is -1.91. The van der Waals surface area contributed by atoms with Crippen LogP contribution in [0.15, 0.2) is 24.3 Å². The van der Waals surface area contributed by atoms with Gasteiger partial charge in [0.15, 0.2) is 0 Å². The summed E-state index contributed by atoms with van der Waals surface area (Å²) in [7, 11) is 0. The first-order chi connectivity index (χ1) is 7.68. The van der Waals surface area contributed by atoms with Crippen LogP contribution in [0.3, 0.4) is 0 Å². The average Bonchev–Trinajstić information content (AvgIpc) is 2.65. The lowest BCUT2D eigenvalue weighted by Gasteiger charge is -2.08. The fourth-order valence-corrected chi connectivity index (χ4v) is 1.40. The van der Waals surface area contributed by atoms with E-state index in [-0.39, 0.29) is 12.2 Å². The molecule has 0 bridgehead atoms. The molecule has 1 aliphatic heterocycles. The fourth-order valence-electron chi connectivity index (χ4n) is 1.40. The second kappa shape index (κ2) is 4.30. The monoisotopic (exact) mass is 224 g/mol. The normalized spacial score (nSPS) is 19.3. The zero-order valence-electron chi connectivity index (χ0n) is 8.31. The Labute approximate surface area is 91.0 Å². The Bertz CT molecular complexity index is 430. The number of rotatable bonds is 2. The molecule has 2 rings (SSSR count). The van der Waals surface area contributed by atoms with Crippen LogP contribution in [-0.4, -0.2) is 24.6 Å². The van der Waals surface area contributed by atoms with Gasteiger partial charge in [-0.05, 0) is 12.1 Å². The largest absolute Gasteiger partial charge is 0.463 e. The first-order valence-electron chi connectivity index (χ1n) is 4.80. The van der Waals surface area contributed by atoms with E-state index in [2.05, 4.69) is 4.74 Å². The summed E-state index contributed by atoms with van der Waals surface area (Å²) < 4.78 is 22.7. The first kappa shape index (κ1) is 10.6. The molecule has 0 saturated carbocycles. The van der Waals surface area contributed by atoms with E-state index in [1.165, 1.54) is 18.2 Å². The number of ether oxygens (including phenoxy) is 2. The van der Waals surface area contributed by atoms with E-state index in [4.69, 9.17) is 4.74 Å². The molecule has 1 aliphatic rings. The summed E-state index contributed by atoms with van der Waals surface area (Å²) in [5.74, 6) is -2.09. The lowest BCUT2D eigenvalue weighted by atomic mass is 10.2. The Balaban J connectivity index is 2.09. The van der Waals surface area contributed by atoms with E-state index in [1.54, 1.807) is 0 Å². The number of halogens is 1. The average molecular weight is 224 g/mol. The number of esters is 2. The molecule has 1 aromatic carbocycles. The van der Waals surface area contributed by atoms with E-state index in [0.29, 0.717) is 6.42 Å². The Morgan fingerprint density at radius 1 is 1.44 bits per heavy atom. The lowest BCUT2D eigenvalue weighted by molar-refractivity contribution is -0.145. The van der Waals surface area contributed by atoms with Gasteiger partial charge in [0, 0.05) is 6.42 Å². The second-order valence-corrected chi connectivity index (χ2v) is 3.33. The van der Waals surface area contributed by atoms with Gasteiger partial charge in [0.1, 0.15) is 5.82 Å². The van der Waals surface area contributed by atoms with E-state index in [1.807, 2.05) is 0 Å². The summed E-state index contributed by atoms with van der Waals surface area (Å²) in [5.41, 5.74) is -0.179. The van der Waals surface area contributed by atoms with Crippen molar-refractivity contribution >= 4 is 11.9 Å². The first-order valence-corrected chi connectivity index (χ1v) is 4.80. The molecule has 1 heterocycles. The van der Waals surface area contributed by atoms with Crippen molar-refractivity contribution in [2.24, 2.45) is 0 Å². The van der Waals surface area contributed by atoms with Gasteiger partial charge in [0.25, 0.3) is 0 Å². The van der Waals surface area contributed by atoms with Crippen molar-refractivity contribution in [3.63, 3.8) is 0 Å². The minimum Gasteiger partial charge on any atom is -0.463 e. The molecular weight excluding hydrogens is 215 g/mol. The van der Waals surface area contributed by atoms with Gasteiger partial charge in [-0.25, -0.2) is 14.0 Å². The topological polar surface area (TPSA) is 52.6 Å². The predicted molar refractivity (Wildman–Crippen MR) is 51.2 cm³/mol. The van der Waals surface area contributed by atoms with Crippen molar-refractivity contribution in [1.82, 2.24) is 0 Å². The summed E-state index contributed by atoms with van der Waals surface area (Å²) >= 11 is 0. The third-order valence-corrected chi connectivity index (χ3v) is 2.23. The highest BCUT2D eigenvalue weighted by atomic mass is 19.1. The molecule has 1 saturated heterocycles. The van der Waals surface area contributed by atoms with Crippen molar-refractivity contribution in [2.45, 2.75) is 12.5 Å². The smallest absolute Gasteiger partial charge is 0.347 e. The number of carbonyl (C=O) groups is 2. The number of benzene rings is 1. The Kier molecular flexibility index (Phi) is 2.85. The minimum atomic E-state index is -0.910. The molecule has 0 unspecified atom stereocenters. The van der Waals surface area contributed by atoms with Gasteiger partial charge in [0.2, 0.25) is 6.10 Å². The fraction of sp³-hybridized carbons (Fsp3) is 0.273. The third-order valence-electron chi connectivity index (χ3n) is 2.23. The summed E-state index contributed by atoms with van der Waals surface area (Å²) in [6.45, 7) is 0.230. The second-order valence-electron chi connectivity index (χ2n) is 3.33. The van der Waals surface area contributed by atoms with Crippen LogP contribution < -0.4 is 0 Å². The molecule has 0 amide bonds. The Morgan fingerprint density at radius 3 is 2.81 bits per heavy atom. The van der Waals surface area contributed by atoms with Crippen molar-refractivity contribution in [2.75, 3.05) is 6.61 Å². The molecule has 0 radical (unpaired) electrons. The van der Waals surface area contributed by atoms with Gasteiger partial charge >= 0.3 is 11.9 Å². The van der Waals surface area contributed by atoms with Gasteiger partial charge in [0.05, 0.1) is 12.2 Å². The van der Waals surface area contributed by atoms with Gasteiger partial charge in [-0.1, -0.05) is 12.1 Å². The molecule has 0 N–H and O–H groups in total. The molecule has 0 aliphatic carbocycles. The highest BCUT2D eigenvalue weighted by Gasteiger charge is 2.31. The molecule has 1 fully saturated rings. The van der Waals surface area contributed by atoms with Crippen molar-refractivity contribution in [3.8, 4) is 0 Å². The highest BCUT2D eigenvalue weighted by molar-refractivity contribution is 5.91. The van der Waals surface area contributed by atoms with Gasteiger partial charge in [-0.2, -0.15) is 0 Å². The van der Waals surface area contributed by atoms with Gasteiger partial charge in [-0.15, -0.1) is 0 Å². The lowest BCUT2D eigenvalue weighted by Crippen LogP contribution is -2.23. The van der Waals surface area contributed by atoms with Crippen molar-refractivity contribution in [3.05, 3.63) is 35.6 Å². The molecule has 5 heteroatoms. The zero-order chi connectivity index (χ0) is 11.5. The molecule has 1 aromatic rings. The molecule has 0 aromatic heterocycles. The maximum absolute atomic E-state index is 13.2. The highest BCUT2D eigenvalue weighted by Crippen LogP contribution is 2.14. The van der Waals surface area contributed by atoms with E-state index in [0.717, 1.165) is 6.07 Å². The van der Waals surface area contributed by atoms with Crippen LogP contribution >= 0.6 is 0 Å². The van der Waals surface area contributed by atoms with Crippen molar-refractivity contribution < 1.29 is 23.5 Å². The number of carbonyl (C=O) groups excluding carboxylic acids is 2. The van der Waals surface area contributed by atoms with Crippen LogP contribution in [0.4, 0.5) is 4.39 Å². The number of hydrogen-bond donors (Lipinski definition) is 0. The number of cyclic esters (lactones) is 1. The number of hydrogen-bond acceptors (Lipinski definition) is 4. The third kappa shape index (κ3) is 2.03. The predicted octanol–water partition coefficient (Wildman–Crippen LogP) is 1.30. The van der Waals surface area contributed by atoms with E-state index < -0.39 is 23.9 Å². The maximum atomic E-state index is 13.2. The van der Waals surface area contributed by atoms with Crippen LogP contribution in [0, 0.1) is 5.82 Å². The van der Waals surface area contributed by atoms with Crippen LogP contribution in [0.1, 0.15) is 16.8 Å². The molecule has 4 nitrogen and oxygen atoms in total. The van der Waals surface area contributed by atoms with E-state index >= 15 is 0 Å². The van der Waals surface area contributed by atoms with Crippen LogP contribution in [0.2, 0.25) is 0 Å².